The number of sulfonamides is 1. The fourth-order valence-electron chi connectivity index (χ4n) is 1.29. The highest BCUT2D eigenvalue weighted by molar-refractivity contribution is 9.10. The van der Waals surface area contributed by atoms with Gasteiger partial charge in [0.1, 0.15) is 0 Å². The molecule has 0 saturated heterocycles. The zero-order valence-corrected chi connectivity index (χ0v) is 13.4. The summed E-state index contributed by atoms with van der Waals surface area (Å²) in [7, 11) is -3.43. The molecule has 0 saturated carbocycles. The Labute approximate surface area is 121 Å². The second-order valence-corrected chi connectivity index (χ2v) is 7.17. The van der Waals surface area contributed by atoms with Crippen LogP contribution in [0, 0.1) is 0 Å². The highest BCUT2D eigenvalue weighted by atomic mass is 79.9. The minimum absolute atomic E-state index is 0.407. The zero-order valence-electron chi connectivity index (χ0n) is 10.2. The van der Waals surface area contributed by atoms with E-state index in [9.17, 15) is 8.42 Å². The first kappa shape index (κ1) is 15.8. The van der Waals surface area contributed by atoms with Crippen LogP contribution in [0.15, 0.2) is 22.7 Å². The molecule has 0 radical (unpaired) electrons. The first-order chi connectivity index (χ1) is 8.38. The third kappa shape index (κ3) is 4.12. The third-order valence-corrected chi connectivity index (χ3v) is 5.54. The van der Waals surface area contributed by atoms with E-state index >= 15 is 0 Å². The van der Waals surface area contributed by atoms with E-state index in [1.807, 2.05) is 6.92 Å². The van der Waals surface area contributed by atoms with Crippen LogP contribution in [0.1, 0.15) is 13.8 Å². The van der Waals surface area contributed by atoms with Crippen LogP contribution in [0.3, 0.4) is 0 Å². The summed E-state index contributed by atoms with van der Waals surface area (Å²) in [5, 5.41) is 2.95. The molecule has 0 aromatic heterocycles. The van der Waals surface area contributed by atoms with E-state index in [2.05, 4.69) is 26.0 Å². The quantitative estimate of drug-likeness (QED) is 0.825. The molecule has 0 aliphatic heterocycles. The standard InChI is InChI=1S/C11H16BrClN2O2S/c1-3-14-7-8(2)18(16,17)15-10-6-4-5-9(13)11(10)12/h4-6,8,14-15H,3,7H2,1-2H3. The van der Waals surface area contributed by atoms with Crippen molar-refractivity contribution < 1.29 is 8.42 Å². The zero-order chi connectivity index (χ0) is 13.8. The molecule has 0 amide bonds. The van der Waals surface area contributed by atoms with Crippen LogP contribution in [0.25, 0.3) is 0 Å². The van der Waals surface area contributed by atoms with Gasteiger partial charge in [-0.05, 0) is 41.5 Å². The van der Waals surface area contributed by atoms with E-state index < -0.39 is 15.3 Å². The summed E-state index contributed by atoms with van der Waals surface area (Å²) in [5.74, 6) is 0. The monoisotopic (exact) mass is 354 g/mol. The molecule has 1 unspecified atom stereocenters. The van der Waals surface area contributed by atoms with Crippen LogP contribution >= 0.6 is 27.5 Å². The van der Waals surface area contributed by atoms with Gasteiger partial charge in [0.2, 0.25) is 10.0 Å². The number of rotatable bonds is 6. The van der Waals surface area contributed by atoms with Crippen molar-refractivity contribution in [3.05, 3.63) is 27.7 Å². The lowest BCUT2D eigenvalue weighted by atomic mass is 10.3. The Morgan fingerprint density at radius 2 is 2.11 bits per heavy atom. The molecular weight excluding hydrogens is 340 g/mol. The number of hydrogen-bond acceptors (Lipinski definition) is 3. The summed E-state index contributed by atoms with van der Waals surface area (Å²) >= 11 is 9.17. The van der Waals surface area contributed by atoms with Gasteiger partial charge in [-0.3, -0.25) is 4.72 Å². The average Bonchev–Trinajstić information content (AvgIpc) is 2.31. The van der Waals surface area contributed by atoms with Crippen molar-refractivity contribution in [1.29, 1.82) is 0 Å². The Hall–Kier alpha value is -0.300. The number of halogens is 2. The van der Waals surface area contributed by atoms with Crippen LogP contribution in [0.5, 0.6) is 0 Å². The van der Waals surface area contributed by atoms with Gasteiger partial charge in [-0.15, -0.1) is 0 Å². The lowest BCUT2D eigenvalue weighted by molar-refractivity contribution is 0.579. The molecule has 0 fully saturated rings. The van der Waals surface area contributed by atoms with Crippen molar-refractivity contribution in [2.45, 2.75) is 19.1 Å². The van der Waals surface area contributed by atoms with Crippen LogP contribution in [0.2, 0.25) is 5.02 Å². The van der Waals surface area contributed by atoms with E-state index in [0.29, 0.717) is 21.7 Å². The molecule has 1 aromatic carbocycles. The van der Waals surface area contributed by atoms with Gasteiger partial charge in [0.15, 0.2) is 0 Å². The normalized spacial score (nSPS) is 13.3. The lowest BCUT2D eigenvalue weighted by Gasteiger charge is -2.16. The van der Waals surface area contributed by atoms with Gasteiger partial charge in [-0.1, -0.05) is 24.6 Å². The van der Waals surface area contributed by atoms with Crippen molar-refractivity contribution in [2.24, 2.45) is 0 Å². The molecule has 0 aliphatic carbocycles. The Balaban J connectivity index is 2.85. The van der Waals surface area contributed by atoms with Crippen molar-refractivity contribution in [3.8, 4) is 0 Å². The maximum Gasteiger partial charge on any atom is 0.236 e. The van der Waals surface area contributed by atoms with Gasteiger partial charge in [0, 0.05) is 6.54 Å². The largest absolute Gasteiger partial charge is 0.316 e. The molecular formula is C11H16BrClN2O2S. The molecule has 4 nitrogen and oxygen atoms in total. The smallest absolute Gasteiger partial charge is 0.236 e. The minimum Gasteiger partial charge on any atom is -0.316 e. The summed E-state index contributed by atoms with van der Waals surface area (Å²) in [6.45, 7) is 4.73. The van der Waals surface area contributed by atoms with E-state index in [-0.39, 0.29) is 0 Å². The van der Waals surface area contributed by atoms with Crippen molar-refractivity contribution >= 4 is 43.2 Å². The first-order valence-corrected chi connectivity index (χ1v) is 8.26. The highest BCUT2D eigenvalue weighted by Gasteiger charge is 2.21. The summed E-state index contributed by atoms with van der Waals surface area (Å²) in [6.07, 6.45) is 0. The Morgan fingerprint density at radius 3 is 2.72 bits per heavy atom. The number of benzene rings is 1. The highest BCUT2D eigenvalue weighted by Crippen LogP contribution is 2.30. The molecule has 0 heterocycles. The maximum absolute atomic E-state index is 12.1. The summed E-state index contributed by atoms with van der Waals surface area (Å²) in [6, 6.07) is 5.04. The number of hydrogen-bond donors (Lipinski definition) is 2. The maximum atomic E-state index is 12.1. The van der Waals surface area contributed by atoms with Gasteiger partial charge in [0.25, 0.3) is 0 Å². The van der Waals surface area contributed by atoms with Gasteiger partial charge in [0.05, 0.1) is 20.4 Å². The molecule has 2 N–H and O–H groups in total. The fourth-order valence-corrected chi connectivity index (χ4v) is 2.98. The molecule has 0 aliphatic rings. The predicted octanol–water partition coefficient (Wildman–Crippen LogP) is 2.84. The first-order valence-electron chi connectivity index (χ1n) is 5.54. The van der Waals surface area contributed by atoms with Crippen LogP contribution in [0.4, 0.5) is 5.69 Å². The number of anilines is 1. The van der Waals surface area contributed by atoms with Crippen molar-refractivity contribution in [2.75, 3.05) is 17.8 Å². The van der Waals surface area contributed by atoms with E-state index in [1.165, 1.54) is 0 Å². The predicted molar refractivity (Wildman–Crippen MR) is 79.7 cm³/mol. The summed E-state index contributed by atoms with van der Waals surface area (Å²) < 4.78 is 27.2. The molecule has 0 spiro atoms. The van der Waals surface area contributed by atoms with E-state index in [4.69, 9.17) is 11.6 Å². The fraction of sp³-hybridized carbons (Fsp3) is 0.455. The average molecular weight is 356 g/mol. The second-order valence-electron chi connectivity index (χ2n) is 3.87. The van der Waals surface area contributed by atoms with Crippen molar-refractivity contribution in [1.82, 2.24) is 5.32 Å². The van der Waals surface area contributed by atoms with Crippen molar-refractivity contribution in [3.63, 3.8) is 0 Å². The Kier molecular flexibility index (Phi) is 5.91. The Bertz CT molecular complexity index is 508. The molecule has 7 heteroatoms. The third-order valence-electron chi connectivity index (χ3n) is 2.42. The molecule has 1 aromatic rings. The molecule has 102 valence electrons. The van der Waals surface area contributed by atoms with Crippen LogP contribution in [-0.4, -0.2) is 26.8 Å². The summed E-state index contributed by atoms with van der Waals surface area (Å²) in [4.78, 5) is 0. The topological polar surface area (TPSA) is 58.2 Å². The minimum atomic E-state index is -3.43. The van der Waals surface area contributed by atoms with Gasteiger partial charge in [-0.25, -0.2) is 8.42 Å². The Morgan fingerprint density at radius 1 is 1.44 bits per heavy atom. The summed E-state index contributed by atoms with van der Waals surface area (Å²) in [5.41, 5.74) is 0.450. The van der Waals surface area contributed by atoms with E-state index in [1.54, 1.807) is 25.1 Å². The lowest BCUT2D eigenvalue weighted by Crippen LogP contribution is -2.34. The van der Waals surface area contributed by atoms with Gasteiger partial charge in [-0.2, -0.15) is 0 Å². The molecule has 18 heavy (non-hydrogen) atoms. The van der Waals surface area contributed by atoms with Gasteiger partial charge < -0.3 is 5.32 Å². The van der Waals surface area contributed by atoms with Crippen LogP contribution < -0.4 is 10.0 Å². The van der Waals surface area contributed by atoms with Crippen LogP contribution in [-0.2, 0) is 10.0 Å². The molecule has 1 atom stereocenters. The van der Waals surface area contributed by atoms with E-state index in [0.717, 1.165) is 6.54 Å². The number of nitrogens with one attached hydrogen (secondary N) is 2. The SMILES string of the molecule is CCNCC(C)S(=O)(=O)Nc1cccc(Cl)c1Br. The second kappa shape index (κ2) is 6.75. The molecule has 1 rings (SSSR count). The molecule has 0 bridgehead atoms. The van der Waals surface area contributed by atoms with Gasteiger partial charge >= 0.3 is 0 Å².